The highest BCUT2D eigenvalue weighted by atomic mass is 19.2. The average Bonchev–Trinajstić information content (AvgIpc) is 3.16. The summed E-state index contributed by atoms with van der Waals surface area (Å²) in [6.07, 6.45) is 8.91. The van der Waals surface area contributed by atoms with Crippen LogP contribution >= 0.6 is 0 Å². The Morgan fingerprint density at radius 1 is 1.10 bits per heavy atom. The number of fused-ring (bicyclic) bond motifs is 1. The van der Waals surface area contributed by atoms with Crippen molar-refractivity contribution in [1.29, 1.82) is 0 Å². The van der Waals surface area contributed by atoms with Gasteiger partial charge in [0.25, 0.3) is 0 Å². The van der Waals surface area contributed by atoms with E-state index in [0.29, 0.717) is 5.70 Å². The van der Waals surface area contributed by atoms with Crippen LogP contribution in [-0.2, 0) is 0 Å². The van der Waals surface area contributed by atoms with Crippen molar-refractivity contribution in [2.24, 2.45) is 10.9 Å². The molecule has 0 saturated heterocycles. The third-order valence-electron chi connectivity index (χ3n) is 6.34. The molecular weight excluding hydrogens is 377 g/mol. The molecule has 0 saturated carbocycles. The predicted molar refractivity (Wildman–Crippen MR) is 121 cm³/mol. The molecule has 1 aromatic carbocycles. The number of benzene rings is 1. The average molecular weight is 404 g/mol. The molecule has 0 bridgehead atoms. The molecule has 0 aromatic heterocycles. The standard InChI is InChI=1S/C25H27BF2N2/c1-6-20-17(4)23(29-18(20)5)14-24-22-13-16(3)9-12-21(22)25(30(24)26(27)28)19-10-7-15(2)8-11-19/h7-14,21,25H,6H2,1-5H3/b23-14-. The van der Waals surface area contributed by atoms with Gasteiger partial charge in [-0.1, -0.05) is 60.6 Å². The normalized spacial score (nSPS) is 24.6. The molecular formula is C25H27BF2N2. The summed E-state index contributed by atoms with van der Waals surface area (Å²) in [6.45, 7) is 10.1. The van der Waals surface area contributed by atoms with E-state index in [1.165, 1.54) is 10.4 Å². The molecule has 0 spiro atoms. The lowest BCUT2D eigenvalue weighted by Gasteiger charge is -2.30. The maximum atomic E-state index is 14.5. The zero-order chi connectivity index (χ0) is 21.6. The number of aliphatic imine (C=N–C) groups is 1. The van der Waals surface area contributed by atoms with E-state index in [2.05, 4.69) is 13.0 Å². The third-order valence-corrected chi connectivity index (χ3v) is 6.34. The zero-order valence-corrected chi connectivity index (χ0v) is 18.2. The second-order valence-electron chi connectivity index (χ2n) is 8.34. The molecule has 0 amide bonds. The molecule has 2 nitrogen and oxygen atoms in total. The lowest BCUT2D eigenvalue weighted by molar-refractivity contribution is 0.342. The Labute approximate surface area is 178 Å². The highest BCUT2D eigenvalue weighted by molar-refractivity contribution is 6.40. The Hall–Kier alpha value is -2.69. The largest absolute Gasteiger partial charge is 0.673 e. The minimum Gasteiger partial charge on any atom is -0.348 e. The van der Waals surface area contributed by atoms with Crippen LogP contribution in [0.3, 0.4) is 0 Å². The molecule has 2 unspecified atom stereocenters. The first kappa shape index (κ1) is 20.6. The lowest BCUT2D eigenvalue weighted by atomic mass is 9.84. The van der Waals surface area contributed by atoms with Crippen LogP contribution < -0.4 is 0 Å². The zero-order valence-electron chi connectivity index (χ0n) is 18.2. The number of aryl methyl sites for hydroxylation is 1. The SMILES string of the molecule is CCC1=C(C)/C(=C/C2=C3C=C(C)C=CC3C(c3ccc(C)cc3)N2B(F)F)N=C1C. The number of hydrogen-bond donors (Lipinski definition) is 0. The fourth-order valence-electron chi connectivity index (χ4n) is 4.81. The predicted octanol–water partition coefficient (Wildman–Crippen LogP) is 6.75. The monoisotopic (exact) mass is 404 g/mol. The number of nitrogens with zero attached hydrogens (tertiary/aromatic N) is 2. The van der Waals surface area contributed by atoms with E-state index < -0.39 is 13.4 Å². The fourth-order valence-corrected chi connectivity index (χ4v) is 4.81. The van der Waals surface area contributed by atoms with Crippen molar-refractivity contribution < 1.29 is 8.63 Å². The van der Waals surface area contributed by atoms with Gasteiger partial charge in [0.15, 0.2) is 0 Å². The van der Waals surface area contributed by atoms with Gasteiger partial charge in [0.05, 0.1) is 11.7 Å². The Morgan fingerprint density at radius 2 is 1.80 bits per heavy atom. The first-order chi connectivity index (χ1) is 14.3. The molecule has 2 atom stereocenters. The van der Waals surface area contributed by atoms with Crippen molar-refractivity contribution in [3.05, 3.63) is 93.4 Å². The van der Waals surface area contributed by atoms with Crippen molar-refractivity contribution in [3.63, 3.8) is 0 Å². The molecule has 30 heavy (non-hydrogen) atoms. The minimum atomic E-state index is -2.61. The lowest BCUT2D eigenvalue weighted by Crippen LogP contribution is -2.34. The molecule has 0 N–H and O–H groups in total. The Morgan fingerprint density at radius 3 is 2.40 bits per heavy atom. The molecule has 0 fully saturated rings. The molecule has 4 rings (SSSR count). The van der Waals surface area contributed by atoms with Crippen molar-refractivity contribution in [2.45, 2.75) is 47.1 Å². The molecule has 154 valence electrons. The van der Waals surface area contributed by atoms with Crippen molar-refractivity contribution in [3.8, 4) is 0 Å². The van der Waals surface area contributed by atoms with E-state index in [1.807, 2.05) is 70.2 Å². The summed E-state index contributed by atoms with van der Waals surface area (Å²) in [6, 6.07) is 7.50. The minimum absolute atomic E-state index is 0.112. The van der Waals surface area contributed by atoms with E-state index in [0.717, 1.165) is 45.7 Å². The van der Waals surface area contributed by atoms with Crippen LogP contribution in [-0.4, -0.2) is 17.9 Å². The second-order valence-corrected chi connectivity index (χ2v) is 8.34. The van der Waals surface area contributed by atoms with Gasteiger partial charge in [-0.25, -0.2) is 0 Å². The van der Waals surface area contributed by atoms with Gasteiger partial charge in [0.1, 0.15) is 0 Å². The highest BCUT2D eigenvalue weighted by Crippen LogP contribution is 2.49. The molecule has 1 aliphatic carbocycles. The van der Waals surface area contributed by atoms with Gasteiger partial charge in [-0.2, -0.15) is 0 Å². The topological polar surface area (TPSA) is 15.6 Å². The second kappa shape index (κ2) is 7.86. The van der Waals surface area contributed by atoms with Crippen LogP contribution in [0.4, 0.5) is 8.63 Å². The van der Waals surface area contributed by atoms with E-state index >= 15 is 0 Å². The maximum absolute atomic E-state index is 14.5. The Kier molecular flexibility index (Phi) is 5.39. The Balaban J connectivity index is 1.88. The third kappa shape index (κ3) is 3.40. The van der Waals surface area contributed by atoms with Gasteiger partial charge >= 0.3 is 7.40 Å². The Bertz CT molecular complexity index is 1060. The van der Waals surface area contributed by atoms with Gasteiger partial charge in [0.2, 0.25) is 0 Å². The van der Waals surface area contributed by atoms with Crippen LogP contribution in [0.15, 0.2) is 87.2 Å². The van der Waals surface area contributed by atoms with Gasteiger partial charge in [-0.05, 0) is 62.5 Å². The van der Waals surface area contributed by atoms with Gasteiger partial charge in [-0.15, -0.1) is 0 Å². The molecule has 3 aliphatic rings. The summed E-state index contributed by atoms with van der Waals surface area (Å²) in [5.74, 6) is -0.112. The van der Waals surface area contributed by atoms with Crippen molar-refractivity contribution in [2.75, 3.05) is 0 Å². The maximum Gasteiger partial charge on any atom is 0.673 e. The van der Waals surface area contributed by atoms with E-state index in [1.54, 1.807) is 0 Å². The van der Waals surface area contributed by atoms with E-state index in [4.69, 9.17) is 4.99 Å². The van der Waals surface area contributed by atoms with Crippen LogP contribution in [0.2, 0.25) is 0 Å². The molecule has 5 heteroatoms. The quantitative estimate of drug-likeness (QED) is 0.507. The molecule has 2 heterocycles. The van der Waals surface area contributed by atoms with Crippen molar-refractivity contribution in [1.82, 2.24) is 4.81 Å². The number of halogens is 2. The van der Waals surface area contributed by atoms with E-state index in [-0.39, 0.29) is 5.92 Å². The fraction of sp³-hybridized carbons (Fsp3) is 0.320. The van der Waals surface area contributed by atoms with Gasteiger partial charge < -0.3 is 4.81 Å². The molecule has 0 radical (unpaired) electrons. The van der Waals surface area contributed by atoms with Gasteiger partial charge in [-0.3, -0.25) is 13.6 Å². The molecule has 2 aliphatic heterocycles. The smallest absolute Gasteiger partial charge is 0.348 e. The number of hydrogen-bond acceptors (Lipinski definition) is 2. The molecule has 1 aromatic rings. The summed E-state index contributed by atoms with van der Waals surface area (Å²) in [7, 11) is -2.61. The highest BCUT2D eigenvalue weighted by Gasteiger charge is 2.46. The van der Waals surface area contributed by atoms with Crippen LogP contribution in [0.25, 0.3) is 0 Å². The van der Waals surface area contributed by atoms with Crippen LogP contribution in [0.5, 0.6) is 0 Å². The number of allylic oxidation sites excluding steroid dienone is 6. The summed E-state index contributed by atoms with van der Waals surface area (Å²) >= 11 is 0. The summed E-state index contributed by atoms with van der Waals surface area (Å²) in [5.41, 5.74) is 8.68. The van der Waals surface area contributed by atoms with E-state index in [9.17, 15) is 8.63 Å². The first-order valence-electron chi connectivity index (χ1n) is 10.5. The summed E-state index contributed by atoms with van der Waals surface area (Å²) in [5, 5.41) is 0. The van der Waals surface area contributed by atoms with Crippen LogP contribution in [0, 0.1) is 12.8 Å². The number of rotatable bonds is 4. The summed E-state index contributed by atoms with van der Waals surface area (Å²) in [4.78, 5) is 5.98. The van der Waals surface area contributed by atoms with Gasteiger partial charge in [0, 0.05) is 17.3 Å². The van der Waals surface area contributed by atoms with Crippen molar-refractivity contribution >= 4 is 13.1 Å². The first-order valence-corrected chi connectivity index (χ1v) is 10.5. The van der Waals surface area contributed by atoms with Crippen LogP contribution in [0.1, 0.15) is 51.3 Å². The summed E-state index contributed by atoms with van der Waals surface area (Å²) < 4.78 is 29.0.